The maximum atomic E-state index is 12.2. The van der Waals surface area contributed by atoms with E-state index in [2.05, 4.69) is 9.82 Å². The number of nitrogens with one attached hydrogen (secondary N) is 1. The summed E-state index contributed by atoms with van der Waals surface area (Å²) in [5.41, 5.74) is 0.838. The molecule has 1 rings (SSSR count). The number of hydrogen-bond donors (Lipinski definition) is 2. The van der Waals surface area contributed by atoms with Gasteiger partial charge in [-0.1, -0.05) is 0 Å². The second kappa shape index (κ2) is 7.09. The van der Waals surface area contributed by atoms with E-state index in [0.717, 1.165) is 0 Å². The molecule has 1 heterocycles. The number of aromatic nitrogens is 2. The molecule has 7 nitrogen and oxygen atoms in total. The van der Waals surface area contributed by atoms with Crippen LogP contribution in [-0.4, -0.2) is 47.8 Å². The summed E-state index contributed by atoms with van der Waals surface area (Å²) in [7, 11) is -3.61. The summed E-state index contributed by atoms with van der Waals surface area (Å²) in [6, 6.07) is 0. The van der Waals surface area contributed by atoms with Gasteiger partial charge in [0.25, 0.3) is 0 Å². The highest BCUT2D eigenvalue weighted by Crippen LogP contribution is 2.19. The first-order chi connectivity index (χ1) is 9.29. The lowest BCUT2D eigenvalue weighted by Crippen LogP contribution is -2.27. The van der Waals surface area contributed by atoms with Gasteiger partial charge in [0.05, 0.1) is 24.4 Å². The highest BCUT2D eigenvalue weighted by atomic mass is 32.2. The van der Waals surface area contributed by atoms with Gasteiger partial charge in [-0.3, -0.25) is 9.48 Å². The summed E-state index contributed by atoms with van der Waals surface area (Å²) in [5.74, 6) is -0.259. The zero-order chi connectivity index (χ0) is 15.3. The fraction of sp³-hybridized carbons (Fsp3) is 0.636. The summed E-state index contributed by atoms with van der Waals surface area (Å²) < 4.78 is 28.4. The van der Waals surface area contributed by atoms with E-state index in [0.29, 0.717) is 23.7 Å². The molecule has 0 aliphatic carbocycles. The summed E-state index contributed by atoms with van der Waals surface area (Å²) >= 11 is 1.55. The van der Waals surface area contributed by atoms with Crippen LogP contribution >= 0.6 is 11.8 Å². The Morgan fingerprint density at radius 1 is 1.45 bits per heavy atom. The van der Waals surface area contributed by atoms with E-state index in [1.165, 1.54) is 4.68 Å². The lowest BCUT2D eigenvalue weighted by molar-refractivity contribution is -0.137. The van der Waals surface area contributed by atoms with Crippen LogP contribution in [0.4, 0.5) is 0 Å². The van der Waals surface area contributed by atoms with Crippen LogP contribution in [0.5, 0.6) is 0 Å². The molecule has 0 spiro atoms. The Morgan fingerprint density at radius 3 is 2.65 bits per heavy atom. The quantitative estimate of drug-likeness (QED) is 0.681. The number of thioether (sulfide) groups is 1. The van der Waals surface area contributed by atoms with Gasteiger partial charge >= 0.3 is 5.97 Å². The van der Waals surface area contributed by atoms with E-state index in [4.69, 9.17) is 5.11 Å². The van der Waals surface area contributed by atoms with Crippen molar-refractivity contribution in [1.82, 2.24) is 14.5 Å². The molecule has 1 aromatic rings. The van der Waals surface area contributed by atoms with E-state index >= 15 is 0 Å². The number of carbonyl (C=O) groups is 1. The van der Waals surface area contributed by atoms with Crippen LogP contribution in [-0.2, 0) is 21.4 Å². The largest absolute Gasteiger partial charge is 0.481 e. The summed E-state index contributed by atoms with van der Waals surface area (Å²) in [6.07, 6.45) is 1.80. The average molecular weight is 321 g/mol. The first-order valence-electron chi connectivity index (χ1n) is 6.04. The number of sulfonamides is 1. The van der Waals surface area contributed by atoms with Crippen molar-refractivity contribution in [2.24, 2.45) is 0 Å². The van der Waals surface area contributed by atoms with Crippen molar-refractivity contribution in [2.45, 2.75) is 31.7 Å². The van der Waals surface area contributed by atoms with Gasteiger partial charge in [0, 0.05) is 12.3 Å². The first kappa shape index (κ1) is 17.0. The molecule has 0 amide bonds. The molecule has 9 heteroatoms. The topological polar surface area (TPSA) is 101 Å². The van der Waals surface area contributed by atoms with Crippen LogP contribution in [0, 0.1) is 13.8 Å². The van der Waals surface area contributed by atoms with E-state index in [-0.39, 0.29) is 17.9 Å². The second-order valence-electron chi connectivity index (χ2n) is 4.26. The van der Waals surface area contributed by atoms with Gasteiger partial charge < -0.3 is 5.11 Å². The predicted molar refractivity (Wildman–Crippen MR) is 77.5 cm³/mol. The SMILES string of the molecule is CSCCNS(=O)(=O)c1c(C)nn(CCC(=O)O)c1C. The molecule has 20 heavy (non-hydrogen) atoms. The molecule has 1 aromatic heterocycles. The van der Waals surface area contributed by atoms with E-state index in [1.807, 2.05) is 6.26 Å². The minimum atomic E-state index is -3.61. The Kier molecular flexibility index (Phi) is 6.03. The van der Waals surface area contributed by atoms with Gasteiger partial charge in [0.15, 0.2) is 0 Å². The lowest BCUT2D eigenvalue weighted by atomic mass is 10.4. The van der Waals surface area contributed by atoms with E-state index < -0.39 is 16.0 Å². The van der Waals surface area contributed by atoms with E-state index in [1.54, 1.807) is 25.6 Å². The van der Waals surface area contributed by atoms with Crippen LogP contribution in [0.3, 0.4) is 0 Å². The van der Waals surface area contributed by atoms with Crippen molar-refractivity contribution in [3.8, 4) is 0 Å². The molecule has 0 aliphatic rings. The molecule has 0 bridgehead atoms. The Labute approximate surface area is 122 Å². The van der Waals surface area contributed by atoms with Crippen LogP contribution in [0.2, 0.25) is 0 Å². The molecule has 0 radical (unpaired) electrons. The van der Waals surface area contributed by atoms with Crippen LogP contribution in [0.15, 0.2) is 4.90 Å². The summed E-state index contributed by atoms with van der Waals surface area (Å²) in [6.45, 7) is 3.74. The summed E-state index contributed by atoms with van der Waals surface area (Å²) in [5, 5.41) is 12.8. The number of rotatable bonds is 8. The molecule has 0 aliphatic heterocycles. The zero-order valence-corrected chi connectivity index (χ0v) is 13.3. The number of aryl methyl sites for hydroxylation is 2. The monoisotopic (exact) mass is 321 g/mol. The van der Waals surface area contributed by atoms with E-state index in [9.17, 15) is 13.2 Å². The number of hydrogen-bond acceptors (Lipinski definition) is 5. The second-order valence-corrected chi connectivity index (χ2v) is 6.95. The molecular formula is C11H19N3O4S2. The number of nitrogens with zero attached hydrogens (tertiary/aromatic N) is 2. The summed E-state index contributed by atoms with van der Waals surface area (Å²) in [4.78, 5) is 10.7. The lowest BCUT2D eigenvalue weighted by Gasteiger charge is -2.07. The standard InChI is InChI=1S/C11H19N3O4S2/c1-8-11(20(17,18)12-5-7-19-3)9(2)14(13-8)6-4-10(15)16/h12H,4-7H2,1-3H3,(H,15,16). The smallest absolute Gasteiger partial charge is 0.305 e. The minimum Gasteiger partial charge on any atom is -0.481 e. The third-order valence-corrected chi connectivity index (χ3v) is 5.04. The maximum Gasteiger partial charge on any atom is 0.305 e. The molecule has 0 saturated heterocycles. The molecule has 0 unspecified atom stereocenters. The molecule has 2 N–H and O–H groups in total. The Morgan fingerprint density at radius 2 is 2.10 bits per heavy atom. The minimum absolute atomic E-state index is 0.0959. The third kappa shape index (κ3) is 4.22. The van der Waals surface area contributed by atoms with Crippen LogP contribution in [0.1, 0.15) is 17.8 Å². The van der Waals surface area contributed by atoms with Gasteiger partial charge in [-0.2, -0.15) is 16.9 Å². The Bertz CT molecular complexity index is 581. The highest BCUT2D eigenvalue weighted by Gasteiger charge is 2.24. The Balaban J connectivity index is 2.97. The van der Waals surface area contributed by atoms with Crippen molar-refractivity contribution in [3.05, 3.63) is 11.4 Å². The molecular weight excluding hydrogens is 302 g/mol. The predicted octanol–water partition coefficient (Wildman–Crippen LogP) is 0.616. The molecule has 114 valence electrons. The van der Waals surface area contributed by atoms with Crippen LogP contribution in [0.25, 0.3) is 0 Å². The normalized spacial score (nSPS) is 11.8. The maximum absolute atomic E-state index is 12.2. The first-order valence-corrected chi connectivity index (χ1v) is 8.91. The van der Waals surface area contributed by atoms with Gasteiger partial charge in [-0.25, -0.2) is 13.1 Å². The number of carboxylic acid groups (broad SMARTS) is 1. The van der Waals surface area contributed by atoms with Gasteiger partial charge in [-0.05, 0) is 20.1 Å². The fourth-order valence-electron chi connectivity index (χ4n) is 1.84. The average Bonchev–Trinajstić information content (AvgIpc) is 2.62. The van der Waals surface area contributed by atoms with Crippen molar-refractivity contribution in [1.29, 1.82) is 0 Å². The zero-order valence-electron chi connectivity index (χ0n) is 11.7. The van der Waals surface area contributed by atoms with Crippen molar-refractivity contribution < 1.29 is 18.3 Å². The Hall–Kier alpha value is -1.06. The van der Waals surface area contributed by atoms with Gasteiger partial charge in [0.2, 0.25) is 10.0 Å². The molecule has 0 saturated carbocycles. The molecule has 0 aromatic carbocycles. The van der Waals surface area contributed by atoms with Crippen molar-refractivity contribution in [2.75, 3.05) is 18.6 Å². The van der Waals surface area contributed by atoms with Crippen LogP contribution < -0.4 is 4.72 Å². The third-order valence-electron chi connectivity index (χ3n) is 2.72. The number of aliphatic carboxylic acids is 1. The highest BCUT2D eigenvalue weighted by molar-refractivity contribution is 7.98. The number of carboxylic acids is 1. The van der Waals surface area contributed by atoms with Crippen molar-refractivity contribution >= 4 is 27.8 Å². The van der Waals surface area contributed by atoms with Gasteiger partial charge in [0.1, 0.15) is 4.90 Å². The van der Waals surface area contributed by atoms with Crippen molar-refractivity contribution in [3.63, 3.8) is 0 Å². The molecule has 0 fully saturated rings. The fourth-order valence-corrected chi connectivity index (χ4v) is 3.71. The molecule has 0 atom stereocenters. The van der Waals surface area contributed by atoms with Gasteiger partial charge in [-0.15, -0.1) is 0 Å².